The topological polar surface area (TPSA) is 55.2 Å². The molecule has 20 heavy (non-hydrogen) atoms. The summed E-state index contributed by atoms with van der Waals surface area (Å²) in [6.45, 7) is 8.33. The van der Waals surface area contributed by atoms with Crippen LogP contribution in [0.25, 0.3) is 0 Å². The van der Waals surface area contributed by atoms with Crippen LogP contribution in [-0.2, 0) is 29.3 Å². The third-order valence-electron chi connectivity index (χ3n) is 3.85. The molecule has 5 nitrogen and oxygen atoms in total. The van der Waals surface area contributed by atoms with Gasteiger partial charge in [-0.15, -0.1) is 0 Å². The molecule has 0 bridgehead atoms. The van der Waals surface area contributed by atoms with Crippen LogP contribution in [0.15, 0.2) is 4.47 Å². The van der Waals surface area contributed by atoms with E-state index in [9.17, 15) is 8.42 Å². The molecule has 1 saturated heterocycles. The third-order valence-corrected chi connectivity index (χ3v) is 6.57. The predicted molar refractivity (Wildman–Crippen MR) is 83.5 cm³/mol. The van der Waals surface area contributed by atoms with Crippen molar-refractivity contribution in [2.75, 3.05) is 18.1 Å². The Morgan fingerprint density at radius 2 is 2.10 bits per heavy atom. The van der Waals surface area contributed by atoms with Crippen molar-refractivity contribution in [2.45, 2.75) is 46.3 Å². The quantitative estimate of drug-likeness (QED) is 0.818. The van der Waals surface area contributed by atoms with E-state index in [0.29, 0.717) is 6.54 Å². The van der Waals surface area contributed by atoms with Gasteiger partial charge in [0.05, 0.1) is 27.4 Å². The molecule has 1 unspecified atom stereocenters. The van der Waals surface area contributed by atoms with Crippen molar-refractivity contribution >= 4 is 25.8 Å². The Morgan fingerprint density at radius 3 is 2.65 bits per heavy atom. The van der Waals surface area contributed by atoms with Gasteiger partial charge in [-0.25, -0.2) is 8.42 Å². The van der Waals surface area contributed by atoms with Crippen LogP contribution in [-0.4, -0.2) is 47.2 Å². The summed E-state index contributed by atoms with van der Waals surface area (Å²) < 4.78 is 26.4. The molecule has 114 valence electrons. The van der Waals surface area contributed by atoms with Crippen LogP contribution in [0.5, 0.6) is 0 Å². The standard InChI is InChI=1S/C13H22BrN3O2S/c1-4-11-13(14)12(17(5-2)15-11)8-16-6-7-20(18,19)9-10(16)3/h10H,4-9H2,1-3H3. The first-order valence-electron chi connectivity index (χ1n) is 7.06. The maximum atomic E-state index is 11.6. The summed E-state index contributed by atoms with van der Waals surface area (Å²) in [5.41, 5.74) is 2.22. The summed E-state index contributed by atoms with van der Waals surface area (Å²) in [5, 5.41) is 4.59. The van der Waals surface area contributed by atoms with Crippen molar-refractivity contribution in [1.29, 1.82) is 0 Å². The number of rotatable bonds is 4. The van der Waals surface area contributed by atoms with Crippen LogP contribution >= 0.6 is 15.9 Å². The SMILES string of the molecule is CCc1nn(CC)c(CN2CCS(=O)(=O)CC2C)c1Br. The third kappa shape index (κ3) is 3.26. The fourth-order valence-electron chi connectivity index (χ4n) is 2.63. The Balaban J connectivity index is 2.20. The van der Waals surface area contributed by atoms with Gasteiger partial charge in [0.25, 0.3) is 0 Å². The van der Waals surface area contributed by atoms with Crippen molar-refractivity contribution in [3.05, 3.63) is 15.9 Å². The number of halogens is 1. The highest BCUT2D eigenvalue weighted by atomic mass is 79.9. The molecule has 0 radical (unpaired) electrons. The minimum Gasteiger partial charge on any atom is -0.293 e. The average Bonchev–Trinajstić information content (AvgIpc) is 2.68. The summed E-state index contributed by atoms with van der Waals surface area (Å²) in [4.78, 5) is 2.23. The van der Waals surface area contributed by atoms with Gasteiger partial charge in [0, 0.05) is 25.7 Å². The first-order valence-corrected chi connectivity index (χ1v) is 9.68. The highest BCUT2D eigenvalue weighted by Gasteiger charge is 2.29. The first-order chi connectivity index (χ1) is 9.38. The summed E-state index contributed by atoms with van der Waals surface area (Å²) in [6, 6.07) is 0.0610. The van der Waals surface area contributed by atoms with Crippen LogP contribution in [0.3, 0.4) is 0 Å². The van der Waals surface area contributed by atoms with Crippen molar-refractivity contribution in [3.63, 3.8) is 0 Å². The molecule has 1 aliphatic heterocycles. The van der Waals surface area contributed by atoms with Gasteiger partial charge in [0.1, 0.15) is 0 Å². The molecule has 2 rings (SSSR count). The summed E-state index contributed by atoms with van der Waals surface area (Å²) in [7, 11) is -2.86. The largest absolute Gasteiger partial charge is 0.293 e. The molecule has 0 aromatic carbocycles. The number of aryl methyl sites for hydroxylation is 2. The van der Waals surface area contributed by atoms with Crippen molar-refractivity contribution in [1.82, 2.24) is 14.7 Å². The molecule has 0 aliphatic carbocycles. The molecular formula is C13H22BrN3O2S. The van der Waals surface area contributed by atoms with Gasteiger partial charge in [0.15, 0.2) is 9.84 Å². The Morgan fingerprint density at radius 1 is 1.40 bits per heavy atom. The molecule has 0 amide bonds. The zero-order valence-electron chi connectivity index (χ0n) is 12.3. The Hall–Kier alpha value is -0.400. The molecule has 1 atom stereocenters. The number of hydrogen-bond acceptors (Lipinski definition) is 4. The highest BCUT2D eigenvalue weighted by molar-refractivity contribution is 9.10. The number of nitrogens with zero attached hydrogens (tertiary/aromatic N) is 3. The van der Waals surface area contributed by atoms with E-state index >= 15 is 0 Å². The number of aromatic nitrogens is 2. The number of sulfone groups is 1. The van der Waals surface area contributed by atoms with E-state index in [-0.39, 0.29) is 17.5 Å². The van der Waals surface area contributed by atoms with E-state index < -0.39 is 9.84 Å². The second-order valence-electron chi connectivity index (χ2n) is 5.31. The molecule has 1 fully saturated rings. The van der Waals surface area contributed by atoms with E-state index in [0.717, 1.165) is 35.4 Å². The van der Waals surface area contributed by atoms with E-state index in [1.54, 1.807) is 0 Å². The molecule has 7 heteroatoms. The predicted octanol–water partition coefficient (Wildman–Crippen LogP) is 1.85. The minimum absolute atomic E-state index is 0.0610. The van der Waals surface area contributed by atoms with Gasteiger partial charge in [-0.3, -0.25) is 9.58 Å². The average molecular weight is 364 g/mol. The summed E-state index contributed by atoms with van der Waals surface area (Å²) in [6.07, 6.45) is 0.893. The zero-order chi connectivity index (χ0) is 14.9. The van der Waals surface area contributed by atoms with Crippen LogP contribution in [0.4, 0.5) is 0 Å². The second kappa shape index (κ2) is 6.15. The summed E-state index contributed by atoms with van der Waals surface area (Å²) in [5.74, 6) is 0.515. The molecule has 1 aromatic heterocycles. The molecule has 0 spiro atoms. The molecule has 1 aliphatic rings. The molecule has 0 N–H and O–H groups in total. The first kappa shape index (κ1) is 16.0. The van der Waals surface area contributed by atoms with Crippen molar-refractivity contribution in [3.8, 4) is 0 Å². The van der Waals surface area contributed by atoms with E-state index in [2.05, 4.69) is 39.8 Å². The van der Waals surface area contributed by atoms with Crippen molar-refractivity contribution in [2.24, 2.45) is 0 Å². The van der Waals surface area contributed by atoms with Gasteiger partial charge in [-0.2, -0.15) is 5.10 Å². The van der Waals surface area contributed by atoms with Gasteiger partial charge in [-0.1, -0.05) is 6.92 Å². The number of hydrogen-bond donors (Lipinski definition) is 0. The van der Waals surface area contributed by atoms with Crippen molar-refractivity contribution < 1.29 is 8.42 Å². The van der Waals surface area contributed by atoms with Gasteiger partial charge in [-0.05, 0) is 36.2 Å². The van der Waals surface area contributed by atoms with Gasteiger partial charge >= 0.3 is 0 Å². The van der Waals surface area contributed by atoms with E-state index in [4.69, 9.17) is 0 Å². The van der Waals surface area contributed by atoms with Gasteiger partial charge in [0.2, 0.25) is 0 Å². The lowest BCUT2D eigenvalue weighted by Gasteiger charge is -2.33. The highest BCUT2D eigenvalue weighted by Crippen LogP contribution is 2.25. The Labute approximate surface area is 129 Å². The smallest absolute Gasteiger partial charge is 0.153 e. The Bertz CT molecular complexity index is 583. The monoisotopic (exact) mass is 363 g/mol. The van der Waals surface area contributed by atoms with Gasteiger partial charge < -0.3 is 0 Å². The van der Waals surface area contributed by atoms with E-state index in [1.807, 2.05) is 11.6 Å². The van der Waals surface area contributed by atoms with Crippen LogP contribution in [0, 0.1) is 0 Å². The lowest BCUT2D eigenvalue weighted by Crippen LogP contribution is -2.46. The van der Waals surface area contributed by atoms with Crippen LogP contribution in [0.2, 0.25) is 0 Å². The maximum Gasteiger partial charge on any atom is 0.153 e. The summed E-state index contributed by atoms with van der Waals surface area (Å²) >= 11 is 3.64. The second-order valence-corrected chi connectivity index (χ2v) is 8.33. The molecule has 0 saturated carbocycles. The minimum atomic E-state index is -2.86. The molecule has 2 heterocycles. The van der Waals surface area contributed by atoms with Crippen LogP contribution < -0.4 is 0 Å². The maximum absolute atomic E-state index is 11.6. The van der Waals surface area contributed by atoms with E-state index in [1.165, 1.54) is 0 Å². The molecule has 1 aromatic rings. The zero-order valence-corrected chi connectivity index (χ0v) is 14.7. The lowest BCUT2D eigenvalue weighted by atomic mass is 10.2. The fraction of sp³-hybridized carbons (Fsp3) is 0.769. The normalized spacial score (nSPS) is 23.1. The fourth-order valence-corrected chi connectivity index (χ4v) is 4.94. The van der Waals surface area contributed by atoms with Crippen LogP contribution in [0.1, 0.15) is 32.2 Å². The lowest BCUT2D eigenvalue weighted by molar-refractivity contribution is 0.211. The molecular weight excluding hydrogens is 342 g/mol. The Kier molecular flexibility index (Phi) is 4.92.